The van der Waals surface area contributed by atoms with Gasteiger partial charge in [-0.1, -0.05) is 24.3 Å². The molecule has 1 unspecified atom stereocenters. The van der Waals surface area contributed by atoms with Gasteiger partial charge in [0.15, 0.2) is 0 Å². The molecule has 1 aliphatic rings. The lowest BCUT2D eigenvalue weighted by atomic mass is 9.91. The van der Waals surface area contributed by atoms with Crippen LogP contribution >= 0.6 is 0 Å². The van der Waals surface area contributed by atoms with Gasteiger partial charge in [-0.3, -0.25) is 0 Å². The van der Waals surface area contributed by atoms with E-state index in [4.69, 9.17) is 14.1 Å². The minimum absolute atomic E-state index is 0.269. The summed E-state index contributed by atoms with van der Waals surface area (Å²) in [5.41, 5.74) is 2.71. The summed E-state index contributed by atoms with van der Waals surface area (Å²) in [4.78, 5) is 0. The Morgan fingerprint density at radius 2 is 1.71 bits per heavy atom. The Morgan fingerprint density at radius 1 is 0.929 bits per heavy atom. The Bertz CT molecular complexity index is 927. The summed E-state index contributed by atoms with van der Waals surface area (Å²) >= 11 is 0. The summed E-state index contributed by atoms with van der Waals surface area (Å²) in [6.07, 6.45) is -5.94. The second-order valence-electron chi connectivity index (χ2n) is 6.66. The Labute approximate surface area is 159 Å². The van der Waals surface area contributed by atoms with Crippen LogP contribution in [-0.4, -0.2) is 61.8 Å². The molecule has 4 N–H and O–H groups in total. The first-order chi connectivity index (χ1) is 13.6. The standard InChI is InChI=1S/C19H20N2O7/c22-8-14-16(23)17(24)18(25)19(27-14)10-4-6-12(7-5-10)26-9-11-2-1-3-13-15(11)21-28-20-13/h1-7,14,16-19,22-25H,8-9H2/t14-,16-,17+,18+,19?/m1/s1. The molecule has 0 amide bonds. The van der Waals surface area contributed by atoms with Gasteiger partial charge in [0.25, 0.3) is 0 Å². The maximum absolute atomic E-state index is 10.2. The number of rotatable bonds is 5. The first-order valence-corrected chi connectivity index (χ1v) is 8.82. The topological polar surface area (TPSA) is 138 Å². The smallest absolute Gasteiger partial charge is 0.141 e. The molecule has 2 aromatic carbocycles. The first-order valence-electron chi connectivity index (χ1n) is 8.82. The number of hydrogen-bond donors (Lipinski definition) is 4. The molecule has 0 saturated carbocycles. The van der Waals surface area contributed by atoms with Gasteiger partial charge in [-0.2, -0.15) is 0 Å². The summed E-state index contributed by atoms with van der Waals surface area (Å²) < 4.78 is 16.1. The van der Waals surface area contributed by atoms with Crippen molar-refractivity contribution in [2.45, 2.75) is 37.1 Å². The predicted octanol–water partition coefficient (Wildman–Crippen LogP) is 0.317. The number of benzene rings is 2. The van der Waals surface area contributed by atoms with E-state index in [-0.39, 0.29) is 6.61 Å². The fraction of sp³-hybridized carbons (Fsp3) is 0.368. The Kier molecular flexibility index (Phi) is 5.25. The Morgan fingerprint density at radius 3 is 2.46 bits per heavy atom. The third-order valence-corrected chi connectivity index (χ3v) is 4.86. The number of aliphatic hydroxyl groups excluding tert-OH is 4. The molecule has 1 fully saturated rings. The lowest BCUT2D eigenvalue weighted by molar-refractivity contribution is -0.231. The lowest BCUT2D eigenvalue weighted by Crippen LogP contribution is -2.55. The van der Waals surface area contributed by atoms with Crippen LogP contribution in [0.4, 0.5) is 0 Å². The van der Waals surface area contributed by atoms with E-state index in [1.54, 1.807) is 30.3 Å². The van der Waals surface area contributed by atoms with Gasteiger partial charge in [0.2, 0.25) is 0 Å². The fourth-order valence-corrected chi connectivity index (χ4v) is 3.27. The van der Waals surface area contributed by atoms with Crippen molar-refractivity contribution in [1.29, 1.82) is 0 Å². The molecule has 0 radical (unpaired) electrons. The molecule has 0 bridgehead atoms. The monoisotopic (exact) mass is 388 g/mol. The van der Waals surface area contributed by atoms with Crippen molar-refractivity contribution in [3.05, 3.63) is 53.6 Å². The van der Waals surface area contributed by atoms with E-state index in [2.05, 4.69) is 10.3 Å². The molecule has 1 saturated heterocycles. The van der Waals surface area contributed by atoms with E-state index >= 15 is 0 Å². The van der Waals surface area contributed by atoms with Crippen molar-refractivity contribution in [2.75, 3.05) is 6.61 Å². The molecule has 2 heterocycles. The molecule has 148 valence electrons. The molecular weight excluding hydrogens is 368 g/mol. The number of fused-ring (bicyclic) bond motifs is 1. The highest BCUT2D eigenvalue weighted by Crippen LogP contribution is 2.33. The van der Waals surface area contributed by atoms with Crippen LogP contribution in [0.15, 0.2) is 47.1 Å². The minimum atomic E-state index is -1.41. The van der Waals surface area contributed by atoms with Crippen molar-refractivity contribution in [3.8, 4) is 5.75 Å². The molecule has 0 spiro atoms. The summed E-state index contributed by atoms with van der Waals surface area (Å²) in [6.45, 7) is -0.198. The van der Waals surface area contributed by atoms with Crippen molar-refractivity contribution in [2.24, 2.45) is 0 Å². The second kappa shape index (κ2) is 7.82. The van der Waals surface area contributed by atoms with E-state index in [1.165, 1.54) is 0 Å². The van der Waals surface area contributed by atoms with Crippen LogP contribution in [-0.2, 0) is 11.3 Å². The van der Waals surface area contributed by atoms with Gasteiger partial charge in [-0.25, -0.2) is 4.63 Å². The molecule has 28 heavy (non-hydrogen) atoms. The van der Waals surface area contributed by atoms with E-state index in [0.717, 1.165) is 5.56 Å². The highest BCUT2D eigenvalue weighted by molar-refractivity contribution is 5.76. The van der Waals surface area contributed by atoms with Crippen LogP contribution in [0.3, 0.4) is 0 Å². The number of ether oxygens (including phenoxy) is 2. The van der Waals surface area contributed by atoms with Crippen molar-refractivity contribution in [1.82, 2.24) is 10.3 Å². The molecule has 9 heteroatoms. The lowest BCUT2D eigenvalue weighted by Gasteiger charge is -2.40. The normalized spacial score (nSPS) is 27.8. The van der Waals surface area contributed by atoms with E-state index in [1.807, 2.05) is 12.1 Å². The maximum atomic E-state index is 10.2. The van der Waals surface area contributed by atoms with Gasteiger partial charge in [-0.15, -0.1) is 0 Å². The van der Waals surface area contributed by atoms with Crippen LogP contribution in [0.1, 0.15) is 17.2 Å². The molecule has 3 aromatic rings. The van der Waals surface area contributed by atoms with Gasteiger partial charge in [-0.05, 0) is 34.1 Å². The number of hydrogen-bond acceptors (Lipinski definition) is 9. The van der Waals surface area contributed by atoms with Crippen LogP contribution in [0.5, 0.6) is 5.75 Å². The summed E-state index contributed by atoms with van der Waals surface area (Å²) in [5, 5.41) is 47.0. The van der Waals surface area contributed by atoms with E-state index in [0.29, 0.717) is 22.3 Å². The number of aromatic nitrogens is 2. The van der Waals surface area contributed by atoms with Crippen LogP contribution in [0.25, 0.3) is 11.0 Å². The number of aliphatic hydroxyl groups is 4. The molecular formula is C19H20N2O7. The number of nitrogens with zero attached hydrogens (tertiary/aromatic N) is 2. The van der Waals surface area contributed by atoms with Crippen LogP contribution in [0.2, 0.25) is 0 Å². The summed E-state index contributed by atoms with van der Waals surface area (Å²) in [5.74, 6) is 0.585. The van der Waals surface area contributed by atoms with E-state index < -0.39 is 37.1 Å². The minimum Gasteiger partial charge on any atom is -0.489 e. The highest BCUT2D eigenvalue weighted by atomic mass is 16.6. The van der Waals surface area contributed by atoms with Gasteiger partial charge < -0.3 is 29.9 Å². The van der Waals surface area contributed by atoms with Crippen molar-refractivity contribution >= 4 is 11.0 Å². The third-order valence-electron chi connectivity index (χ3n) is 4.86. The highest BCUT2D eigenvalue weighted by Gasteiger charge is 2.43. The average molecular weight is 388 g/mol. The van der Waals surface area contributed by atoms with Gasteiger partial charge >= 0.3 is 0 Å². The summed E-state index contributed by atoms with van der Waals surface area (Å²) in [7, 11) is 0. The largest absolute Gasteiger partial charge is 0.489 e. The molecule has 5 atom stereocenters. The Balaban J connectivity index is 1.46. The molecule has 9 nitrogen and oxygen atoms in total. The zero-order chi connectivity index (χ0) is 19.7. The third kappa shape index (κ3) is 3.46. The maximum Gasteiger partial charge on any atom is 0.141 e. The molecule has 4 rings (SSSR count). The summed E-state index contributed by atoms with van der Waals surface area (Å²) in [6, 6.07) is 12.3. The van der Waals surface area contributed by atoms with Crippen molar-refractivity contribution < 1.29 is 34.5 Å². The van der Waals surface area contributed by atoms with Gasteiger partial charge in [0.05, 0.1) is 6.61 Å². The predicted molar refractivity (Wildman–Crippen MR) is 95.3 cm³/mol. The van der Waals surface area contributed by atoms with Gasteiger partial charge in [0.1, 0.15) is 53.9 Å². The van der Waals surface area contributed by atoms with E-state index in [9.17, 15) is 20.4 Å². The quantitative estimate of drug-likeness (QED) is 0.486. The zero-order valence-electron chi connectivity index (χ0n) is 14.8. The van der Waals surface area contributed by atoms with Crippen LogP contribution < -0.4 is 4.74 Å². The van der Waals surface area contributed by atoms with Gasteiger partial charge in [0, 0.05) is 5.56 Å². The second-order valence-corrected chi connectivity index (χ2v) is 6.66. The first kappa shape index (κ1) is 18.8. The van der Waals surface area contributed by atoms with Crippen LogP contribution in [0, 0.1) is 0 Å². The molecule has 0 aliphatic carbocycles. The Hall–Kier alpha value is -2.56. The zero-order valence-corrected chi connectivity index (χ0v) is 14.8. The molecule has 1 aliphatic heterocycles. The SMILES string of the molecule is OC[C@H]1OC(c2ccc(OCc3cccc4nonc34)cc2)[C@@H](O)[C@@H](O)[C@@H]1O. The van der Waals surface area contributed by atoms with Crippen molar-refractivity contribution in [3.63, 3.8) is 0 Å². The average Bonchev–Trinajstić information content (AvgIpc) is 3.21. The molecule has 1 aromatic heterocycles. The fourth-order valence-electron chi connectivity index (χ4n) is 3.27.